The highest BCUT2D eigenvalue weighted by Crippen LogP contribution is 2.32. The molecule has 0 saturated heterocycles. The smallest absolute Gasteiger partial charge is 0.161 e. The Hall–Kier alpha value is -0.560. The molecule has 6 heteroatoms. The summed E-state index contributed by atoms with van der Waals surface area (Å²) < 4.78 is 12.8. The van der Waals surface area contributed by atoms with Crippen LogP contribution in [0.4, 0.5) is 0 Å². The third-order valence-corrected chi connectivity index (χ3v) is 6.03. The standard InChI is InChI=1S/C14H15Br2NO2S/c1-18-12-4-3-9(5-13(12)19-2)7-17-8-10-6-11(15)14(16)20-10/h3-6,17H,7-8H2,1-2H3. The van der Waals surface area contributed by atoms with Crippen molar-refractivity contribution in [2.75, 3.05) is 14.2 Å². The zero-order valence-electron chi connectivity index (χ0n) is 11.2. The number of hydrogen-bond donors (Lipinski definition) is 1. The fourth-order valence-electron chi connectivity index (χ4n) is 1.80. The van der Waals surface area contributed by atoms with E-state index in [1.807, 2.05) is 18.2 Å². The SMILES string of the molecule is COc1ccc(CNCc2cc(Br)c(Br)s2)cc1OC. The van der Waals surface area contributed by atoms with Crippen LogP contribution in [0, 0.1) is 0 Å². The van der Waals surface area contributed by atoms with Gasteiger partial charge in [0.2, 0.25) is 0 Å². The maximum atomic E-state index is 5.30. The molecule has 0 fully saturated rings. The molecule has 0 saturated carbocycles. The van der Waals surface area contributed by atoms with Gasteiger partial charge in [-0.1, -0.05) is 6.07 Å². The van der Waals surface area contributed by atoms with Crippen molar-refractivity contribution < 1.29 is 9.47 Å². The van der Waals surface area contributed by atoms with Crippen LogP contribution in [-0.2, 0) is 13.1 Å². The van der Waals surface area contributed by atoms with Crippen LogP contribution in [-0.4, -0.2) is 14.2 Å². The first-order valence-electron chi connectivity index (χ1n) is 5.99. The Kier molecular flexibility index (Phi) is 5.89. The molecule has 0 aliphatic heterocycles. The first-order chi connectivity index (χ1) is 9.63. The van der Waals surface area contributed by atoms with Gasteiger partial charge in [0, 0.05) is 22.4 Å². The van der Waals surface area contributed by atoms with Gasteiger partial charge in [-0.3, -0.25) is 0 Å². The third-order valence-electron chi connectivity index (χ3n) is 2.77. The lowest BCUT2D eigenvalue weighted by Gasteiger charge is -2.10. The predicted octanol–water partition coefficient (Wildman–Crippen LogP) is 4.58. The summed E-state index contributed by atoms with van der Waals surface area (Å²) in [4.78, 5) is 1.28. The van der Waals surface area contributed by atoms with Gasteiger partial charge in [-0.2, -0.15) is 0 Å². The van der Waals surface area contributed by atoms with Crippen molar-refractivity contribution in [3.63, 3.8) is 0 Å². The van der Waals surface area contributed by atoms with Crippen LogP contribution in [0.3, 0.4) is 0 Å². The van der Waals surface area contributed by atoms with Crippen LogP contribution in [0.5, 0.6) is 11.5 Å². The van der Waals surface area contributed by atoms with E-state index in [-0.39, 0.29) is 0 Å². The molecule has 0 atom stereocenters. The predicted molar refractivity (Wildman–Crippen MR) is 89.8 cm³/mol. The van der Waals surface area contributed by atoms with Crippen LogP contribution < -0.4 is 14.8 Å². The van der Waals surface area contributed by atoms with Gasteiger partial charge in [0.1, 0.15) is 0 Å². The van der Waals surface area contributed by atoms with Crippen LogP contribution in [0.25, 0.3) is 0 Å². The summed E-state index contributed by atoms with van der Waals surface area (Å²) in [5.41, 5.74) is 1.16. The number of benzene rings is 1. The first-order valence-corrected chi connectivity index (χ1v) is 8.39. The lowest BCUT2D eigenvalue weighted by Crippen LogP contribution is -2.11. The molecule has 0 radical (unpaired) electrons. The minimum atomic E-state index is 0.752. The van der Waals surface area contributed by atoms with Gasteiger partial charge in [0.05, 0.1) is 18.0 Å². The zero-order valence-corrected chi connectivity index (χ0v) is 15.2. The second kappa shape index (κ2) is 7.45. The summed E-state index contributed by atoms with van der Waals surface area (Å²) in [6, 6.07) is 8.07. The summed E-state index contributed by atoms with van der Waals surface area (Å²) >= 11 is 8.72. The van der Waals surface area contributed by atoms with Crippen molar-refractivity contribution in [1.82, 2.24) is 5.32 Å². The highest BCUT2D eigenvalue weighted by atomic mass is 79.9. The first kappa shape index (κ1) is 15.8. The number of hydrogen-bond acceptors (Lipinski definition) is 4. The summed E-state index contributed by atoms with van der Waals surface area (Å²) in [5.74, 6) is 1.51. The van der Waals surface area contributed by atoms with E-state index >= 15 is 0 Å². The van der Waals surface area contributed by atoms with Crippen molar-refractivity contribution in [2.24, 2.45) is 0 Å². The van der Waals surface area contributed by atoms with E-state index < -0.39 is 0 Å². The quantitative estimate of drug-likeness (QED) is 0.741. The van der Waals surface area contributed by atoms with Crippen LogP contribution in [0.15, 0.2) is 32.5 Å². The Labute approximate surface area is 139 Å². The molecule has 1 N–H and O–H groups in total. The van der Waals surface area contributed by atoms with Crippen LogP contribution in [0.1, 0.15) is 10.4 Å². The van der Waals surface area contributed by atoms with E-state index in [1.165, 1.54) is 4.88 Å². The van der Waals surface area contributed by atoms with E-state index in [4.69, 9.17) is 9.47 Å². The third kappa shape index (κ3) is 3.97. The maximum absolute atomic E-state index is 5.30. The molecule has 1 aromatic carbocycles. The molecule has 0 bridgehead atoms. The van der Waals surface area contributed by atoms with Crippen molar-refractivity contribution >= 4 is 43.2 Å². The molecular weight excluding hydrogens is 406 g/mol. The number of methoxy groups -OCH3 is 2. The van der Waals surface area contributed by atoms with E-state index in [0.717, 1.165) is 38.4 Å². The second-order valence-electron chi connectivity index (χ2n) is 4.13. The van der Waals surface area contributed by atoms with Crippen molar-refractivity contribution in [3.05, 3.63) is 43.0 Å². The lowest BCUT2D eigenvalue weighted by molar-refractivity contribution is 0.354. The Morgan fingerprint density at radius 1 is 1.05 bits per heavy atom. The van der Waals surface area contributed by atoms with Crippen molar-refractivity contribution in [3.8, 4) is 11.5 Å². The molecule has 0 unspecified atom stereocenters. The molecule has 3 nitrogen and oxygen atoms in total. The van der Waals surface area contributed by atoms with E-state index in [0.29, 0.717) is 0 Å². The van der Waals surface area contributed by atoms with Crippen LogP contribution >= 0.6 is 43.2 Å². The molecule has 0 amide bonds. The molecule has 20 heavy (non-hydrogen) atoms. The summed E-state index contributed by atoms with van der Waals surface area (Å²) in [6.45, 7) is 1.62. The van der Waals surface area contributed by atoms with Crippen molar-refractivity contribution in [1.29, 1.82) is 0 Å². The van der Waals surface area contributed by atoms with E-state index in [9.17, 15) is 0 Å². The van der Waals surface area contributed by atoms with E-state index in [2.05, 4.69) is 43.2 Å². The number of thiophene rings is 1. The molecule has 1 aromatic heterocycles. The van der Waals surface area contributed by atoms with Gasteiger partial charge in [-0.25, -0.2) is 0 Å². The Morgan fingerprint density at radius 2 is 1.80 bits per heavy atom. The largest absolute Gasteiger partial charge is 0.493 e. The molecule has 108 valence electrons. The second-order valence-corrected chi connectivity index (χ2v) is 7.44. The summed E-state index contributed by atoms with van der Waals surface area (Å²) in [6.07, 6.45) is 0. The van der Waals surface area contributed by atoms with Crippen molar-refractivity contribution in [2.45, 2.75) is 13.1 Å². The van der Waals surface area contributed by atoms with Gasteiger partial charge in [-0.05, 0) is 55.6 Å². The highest BCUT2D eigenvalue weighted by molar-refractivity contribution is 9.13. The van der Waals surface area contributed by atoms with Gasteiger partial charge in [0.25, 0.3) is 0 Å². The summed E-state index contributed by atoms with van der Waals surface area (Å²) in [7, 11) is 3.29. The minimum Gasteiger partial charge on any atom is -0.493 e. The fourth-order valence-corrected chi connectivity index (χ4v) is 3.95. The molecule has 1 heterocycles. The molecule has 0 aliphatic rings. The number of halogens is 2. The molecular formula is C14H15Br2NO2S. The molecule has 2 rings (SSSR count). The lowest BCUT2D eigenvalue weighted by atomic mass is 10.2. The summed E-state index contributed by atoms with van der Waals surface area (Å²) in [5, 5.41) is 3.42. The Bertz CT molecular complexity index is 567. The Morgan fingerprint density at radius 3 is 2.40 bits per heavy atom. The minimum absolute atomic E-state index is 0.752. The normalized spacial score (nSPS) is 10.6. The van der Waals surface area contributed by atoms with Gasteiger partial charge >= 0.3 is 0 Å². The topological polar surface area (TPSA) is 30.5 Å². The molecule has 0 spiro atoms. The maximum Gasteiger partial charge on any atom is 0.161 e. The van der Waals surface area contributed by atoms with Gasteiger partial charge in [-0.15, -0.1) is 11.3 Å². The average molecular weight is 421 g/mol. The molecule has 0 aliphatic carbocycles. The highest BCUT2D eigenvalue weighted by Gasteiger charge is 2.06. The fraction of sp³-hybridized carbons (Fsp3) is 0.286. The van der Waals surface area contributed by atoms with E-state index in [1.54, 1.807) is 25.6 Å². The Balaban J connectivity index is 1.94. The van der Waals surface area contributed by atoms with Gasteiger partial charge in [0.15, 0.2) is 11.5 Å². The monoisotopic (exact) mass is 419 g/mol. The number of nitrogens with one attached hydrogen (secondary N) is 1. The number of ether oxygens (including phenoxy) is 2. The number of rotatable bonds is 6. The van der Waals surface area contributed by atoms with Crippen LogP contribution in [0.2, 0.25) is 0 Å². The average Bonchev–Trinajstić information content (AvgIpc) is 2.77. The molecule has 2 aromatic rings. The zero-order chi connectivity index (χ0) is 14.5. The van der Waals surface area contributed by atoms with Gasteiger partial charge < -0.3 is 14.8 Å².